The van der Waals surface area contributed by atoms with Gasteiger partial charge >= 0.3 is 0 Å². The van der Waals surface area contributed by atoms with Crippen LogP contribution in [-0.2, 0) is 11.3 Å². The summed E-state index contributed by atoms with van der Waals surface area (Å²) in [5.74, 6) is 0. The van der Waals surface area contributed by atoms with Crippen LogP contribution in [0.25, 0.3) is 0 Å². The van der Waals surface area contributed by atoms with E-state index in [0.717, 1.165) is 21.4 Å². The van der Waals surface area contributed by atoms with Gasteiger partial charge in [-0.3, -0.25) is 4.68 Å². The summed E-state index contributed by atoms with van der Waals surface area (Å²) in [6.07, 6.45) is 3.66. The fourth-order valence-corrected chi connectivity index (χ4v) is 2.26. The molecule has 0 radical (unpaired) electrons. The van der Waals surface area contributed by atoms with E-state index in [2.05, 4.69) is 26.3 Å². The number of aromatic nitrogens is 2. The summed E-state index contributed by atoms with van der Waals surface area (Å²) in [6.45, 7) is 1.33. The minimum Gasteiger partial charge on any atom is -0.389 e. The lowest BCUT2D eigenvalue weighted by Gasteiger charge is -2.10. The number of halogens is 1. The van der Waals surface area contributed by atoms with Crippen molar-refractivity contribution in [2.24, 2.45) is 5.73 Å². The number of nitrogens with two attached hydrogens (primary N) is 1. The Kier molecular flexibility index (Phi) is 5.11. The van der Waals surface area contributed by atoms with E-state index in [4.69, 9.17) is 22.7 Å². The Balaban J connectivity index is 2.19. The highest BCUT2D eigenvalue weighted by atomic mass is 79.9. The maximum absolute atomic E-state index is 5.73. The summed E-state index contributed by atoms with van der Waals surface area (Å²) < 4.78 is 7.78. The highest BCUT2D eigenvalue weighted by Gasteiger charge is 2.07. The molecule has 0 atom stereocenters. The quantitative estimate of drug-likeness (QED) is 0.780. The molecule has 0 saturated heterocycles. The first kappa shape index (κ1) is 15.0. The molecule has 0 fully saturated rings. The SMILES string of the molecule is COCCn1cc(Nc2cc(Br)ccc2C(N)=S)cn1. The van der Waals surface area contributed by atoms with Crippen molar-refractivity contribution in [1.82, 2.24) is 9.78 Å². The molecular formula is C13H15BrN4OS. The van der Waals surface area contributed by atoms with Gasteiger partial charge in [0.2, 0.25) is 0 Å². The van der Waals surface area contributed by atoms with Crippen molar-refractivity contribution in [3.63, 3.8) is 0 Å². The topological polar surface area (TPSA) is 65.1 Å². The fourth-order valence-electron chi connectivity index (χ4n) is 1.73. The van der Waals surface area contributed by atoms with Gasteiger partial charge in [-0.1, -0.05) is 28.1 Å². The maximum atomic E-state index is 5.73. The van der Waals surface area contributed by atoms with Crippen LogP contribution >= 0.6 is 28.1 Å². The number of ether oxygens (including phenoxy) is 1. The van der Waals surface area contributed by atoms with Crippen LogP contribution in [0.15, 0.2) is 35.1 Å². The Morgan fingerprint density at radius 1 is 1.55 bits per heavy atom. The molecule has 0 aliphatic heterocycles. The van der Waals surface area contributed by atoms with Crippen LogP contribution in [0.2, 0.25) is 0 Å². The predicted molar refractivity (Wildman–Crippen MR) is 87.4 cm³/mol. The van der Waals surface area contributed by atoms with Crippen LogP contribution in [0.3, 0.4) is 0 Å². The highest BCUT2D eigenvalue weighted by Crippen LogP contribution is 2.24. The van der Waals surface area contributed by atoms with Crippen molar-refractivity contribution in [3.05, 3.63) is 40.6 Å². The van der Waals surface area contributed by atoms with Crippen molar-refractivity contribution in [2.45, 2.75) is 6.54 Å². The Hall–Kier alpha value is -1.44. The molecule has 1 aromatic carbocycles. The van der Waals surface area contributed by atoms with E-state index in [0.29, 0.717) is 18.1 Å². The molecule has 7 heteroatoms. The van der Waals surface area contributed by atoms with Gasteiger partial charge in [-0.05, 0) is 18.2 Å². The second-order valence-electron chi connectivity index (χ2n) is 4.16. The van der Waals surface area contributed by atoms with Crippen molar-refractivity contribution >= 4 is 44.5 Å². The molecule has 3 N–H and O–H groups in total. The second-order valence-corrected chi connectivity index (χ2v) is 5.52. The lowest BCUT2D eigenvalue weighted by atomic mass is 10.2. The number of anilines is 2. The van der Waals surface area contributed by atoms with Gasteiger partial charge in [0.15, 0.2) is 0 Å². The molecule has 1 heterocycles. The minimum atomic E-state index is 0.353. The Morgan fingerprint density at radius 3 is 3.05 bits per heavy atom. The Bertz CT molecular complexity index is 614. The molecular weight excluding hydrogens is 340 g/mol. The smallest absolute Gasteiger partial charge is 0.106 e. The van der Waals surface area contributed by atoms with Gasteiger partial charge in [0, 0.05) is 29.0 Å². The summed E-state index contributed by atoms with van der Waals surface area (Å²) in [7, 11) is 1.67. The maximum Gasteiger partial charge on any atom is 0.106 e. The van der Waals surface area contributed by atoms with E-state index in [9.17, 15) is 0 Å². The molecule has 0 unspecified atom stereocenters. The minimum absolute atomic E-state index is 0.353. The van der Waals surface area contributed by atoms with Gasteiger partial charge < -0.3 is 15.8 Å². The number of nitrogens with zero attached hydrogens (tertiary/aromatic N) is 2. The Labute approximate surface area is 131 Å². The van der Waals surface area contributed by atoms with Gasteiger partial charge in [-0.2, -0.15) is 5.10 Å². The fraction of sp³-hybridized carbons (Fsp3) is 0.231. The number of thiocarbonyl (C=S) groups is 1. The number of rotatable bonds is 6. The second kappa shape index (κ2) is 6.83. The zero-order chi connectivity index (χ0) is 14.5. The zero-order valence-electron chi connectivity index (χ0n) is 11.0. The first-order valence-electron chi connectivity index (χ1n) is 5.98. The molecule has 2 rings (SSSR count). The summed E-state index contributed by atoms with van der Waals surface area (Å²) in [4.78, 5) is 0.353. The lowest BCUT2D eigenvalue weighted by Crippen LogP contribution is -2.11. The molecule has 0 aliphatic rings. The normalized spacial score (nSPS) is 10.5. The highest BCUT2D eigenvalue weighted by molar-refractivity contribution is 9.10. The largest absolute Gasteiger partial charge is 0.389 e. The van der Waals surface area contributed by atoms with E-state index in [-0.39, 0.29) is 0 Å². The van der Waals surface area contributed by atoms with Crippen LogP contribution < -0.4 is 11.1 Å². The van der Waals surface area contributed by atoms with Gasteiger partial charge in [-0.25, -0.2) is 0 Å². The molecule has 20 heavy (non-hydrogen) atoms. The molecule has 0 spiro atoms. The van der Waals surface area contributed by atoms with Gasteiger partial charge in [-0.15, -0.1) is 0 Å². The van der Waals surface area contributed by atoms with E-state index in [1.54, 1.807) is 13.3 Å². The van der Waals surface area contributed by atoms with Gasteiger partial charge in [0.05, 0.1) is 25.0 Å². The molecule has 2 aromatic rings. The molecule has 0 amide bonds. The number of benzene rings is 1. The van der Waals surface area contributed by atoms with Crippen molar-refractivity contribution in [3.8, 4) is 0 Å². The number of hydrogen-bond acceptors (Lipinski definition) is 4. The third kappa shape index (κ3) is 3.78. The molecule has 106 valence electrons. The van der Waals surface area contributed by atoms with Crippen molar-refractivity contribution in [2.75, 3.05) is 19.0 Å². The number of hydrogen-bond donors (Lipinski definition) is 2. The summed E-state index contributed by atoms with van der Waals surface area (Å²) in [5.41, 5.74) is 8.24. The van der Waals surface area contributed by atoms with E-state index >= 15 is 0 Å². The molecule has 0 saturated carbocycles. The van der Waals surface area contributed by atoms with Crippen molar-refractivity contribution in [1.29, 1.82) is 0 Å². The first-order valence-corrected chi connectivity index (χ1v) is 7.18. The molecule has 0 bridgehead atoms. The van der Waals surface area contributed by atoms with Crippen LogP contribution in [-0.4, -0.2) is 28.5 Å². The van der Waals surface area contributed by atoms with Crippen LogP contribution in [0, 0.1) is 0 Å². The van der Waals surface area contributed by atoms with Crippen LogP contribution in [0.4, 0.5) is 11.4 Å². The average Bonchev–Trinajstić information content (AvgIpc) is 2.83. The lowest BCUT2D eigenvalue weighted by molar-refractivity contribution is 0.183. The van der Waals surface area contributed by atoms with E-state index < -0.39 is 0 Å². The molecule has 5 nitrogen and oxygen atoms in total. The summed E-state index contributed by atoms with van der Waals surface area (Å²) in [5, 5.41) is 7.52. The average molecular weight is 355 g/mol. The number of methoxy groups -OCH3 is 1. The summed E-state index contributed by atoms with van der Waals surface area (Å²) >= 11 is 8.49. The van der Waals surface area contributed by atoms with E-state index in [1.807, 2.05) is 29.1 Å². The van der Waals surface area contributed by atoms with Crippen LogP contribution in [0.5, 0.6) is 0 Å². The standard InChI is InChI=1S/C13H15BrN4OS/c1-19-5-4-18-8-10(7-16-18)17-12-6-9(14)2-3-11(12)13(15)20/h2-3,6-8,17H,4-5H2,1H3,(H2,15,20). The third-order valence-corrected chi connectivity index (χ3v) is 3.40. The molecule has 0 aliphatic carbocycles. The van der Waals surface area contributed by atoms with Crippen LogP contribution in [0.1, 0.15) is 5.56 Å². The zero-order valence-corrected chi connectivity index (χ0v) is 13.4. The van der Waals surface area contributed by atoms with Gasteiger partial charge in [0.25, 0.3) is 0 Å². The van der Waals surface area contributed by atoms with E-state index in [1.165, 1.54) is 0 Å². The summed E-state index contributed by atoms with van der Waals surface area (Å²) in [6, 6.07) is 5.72. The Morgan fingerprint density at radius 2 is 2.35 bits per heavy atom. The first-order chi connectivity index (χ1) is 9.60. The predicted octanol–water partition coefficient (Wildman–Crippen LogP) is 2.67. The van der Waals surface area contributed by atoms with Gasteiger partial charge in [0.1, 0.15) is 4.99 Å². The van der Waals surface area contributed by atoms with Crippen molar-refractivity contribution < 1.29 is 4.74 Å². The monoisotopic (exact) mass is 354 g/mol. The molecule has 1 aromatic heterocycles. The number of nitrogens with one attached hydrogen (secondary N) is 1. The third-order valence-electron chi connectivity index (χ3n) is 2.68.